The molecule has 1 unspecified atom stereocenters. The lowest BCUT2D eigenvalue weighted by atomic mass is 9.96. The Bertz CT molecular complexity index is 1540. The van der Waals surface area contributed by atoms with Crippen LogP contribution in [0.3, 0.4) is 0 Å². The topological polar surface area (TPSA) is 187 Å². The molecule has 14 heteroatoms. The number of nitrogens with zero attached hydrogens (tertiary/aromatic N) is 3. The molecule has 42 heavy (non-hydrogen) atoms. The Kier molecular flexibility index (Phi) is 14.3. The number of carbonyl (C=O) groups excluding carboxylic acids is 3. The second-order valence-electron chi connectivity index (χ2n) is 9.83. The average Bonchev–Trinajstić information content (AvgIpc) is 3.60. The summed E-state index contributed by atoms with van der Waals surface area (Å²) >= 11 is 1.27. The number of benzene rings is 2. The van der Waals surface area contributed by atoms with Gasteiger partial charge in [-0.05, 0) is 54.9 Å². The highest BCUT2D eigenvalue weighted by atomic mass is 32.2. The van der Waals surface area contributed by atoms with E-state index in [4.69, 9.17) is 14.0 Å². The van der Waals surface area contributed by atoms with Gasteiger partial charge in [0.2, 0.25) is 11.8 Å². The Balaban J connectivity index is 0.00000138. The molecule has 0 spiro atoms. The van der Waals surface area contributed by atoms with Gasteiger partial charge in [0.25, 0.3) is 5.91 Å². The molecule has 1 amide bonds. The van der Waals surface area contributed by atoms with E-state index >= 15 is 0 Å². The highest BCUT2D eigenvalue weighted by molar-refractivity contribution is 7.91. The van der Waals surface area contributed by atoms with Crippen LogP contribution in [0.1, 0.15) is 53.2 Å². The van der Waals surface area contributed by atoms with Crippen molar-refractivity contribution in [1.29, 1.82) is 0 Å². The van der Waals surface area contributed by atoms with Gasteiger partial charge in [-0.1, -0.05) is 39.0 Å². The van der Waals surface area contributed by atoms with E-state index in [0.717, 1.165) is 22.1 Å². The van der Waals surface area contributed by atoms with Crippen molar-refractivity contribution in [2.24, 2.45) is 11.1 Å². The number of amides is 1. The number of rotatable bonds is 8. The first-order valence-corrected chi connectivity index (χ1v) is 15.3. The van der Waals surface area contributed by atoms with Crippen molar-refractivity contribution in [3.05, 3.63) is 64.8 Å². The van der Waals surface area contributed by atoms with Gasteiger partial charge in [-0.25, -0.2) is 13.4 Å². The van der Waals surface area contributed by atoms with Crippen molar-refractivity contribution in [1.82, 2.24) is 25.8 Å². The van der Waals surface area contributed by atoms with Gasteiger partial charge in [-0.15, -0.1) is 21.5 Å². The Morgan fingerprint density at radius 1 is 1.05 bits per heavy atom. The van der Waals surface area contributed by atoms with Crippen molar-refractivity contribution in [2.75, 3.05) is 26.9 Å². The van der Waals surface area contributed by atoms with Crippen molar-refractivity contribution >= 4 is 50.9 Å². The zero-order valence-corrected chi connectivity index (χ0v) is 26.3. The highest BCUT2D eigenvalue weighted by Gasteiger charge is 2.33. The molecule has 228 valence electrons. The summed E-state index contributed by atoms with van der Waals surface area (Å²) in [5, 5.41) is 13.0. The van der Waals surface area contributed by atoms with Crippen LogP contribution in [0.25, 0.3) is 21.3 Å². The molecule has 1 atom stereocenters. The average molecular weight is 619 g/mol. The van der Waals surface area contributed by atoms with Crippen LogP contribution in [0.4, 0.5) is 0 Å². The third-order valence-electron chi connectivity index (χ3n) is 5.33. The molecule has 0 radical (unpaired) electrons. The van der Waals surface area contributed by atoms with E-state index < -0.39 is 15.1 Å². The number of sulfone groups is 1. The van der Waals surface area contributed by atoms with E-state index in [2.05, 4.69) is 52.3 Å². The van der Waals surface area contributed by atoms with Crippen molar-refractivity contribution < 1.29 is 27.2 Å². The summed E-state index contributed by atoms with van der Waals surface area (Å²) in [7, 11) is -0.394. The molecule has 4 N–H and O–H groups in total. The summed E-state index contributed by atoms with van der Waals surface area (Å²) in [5.41, 5.74) is 7.51. The van der Waals surface area contributed by atoms with Gasteiger partial charge in [-0.3, -0.25) is 4.79 Å². The first-order valence-electron chi connectivity index (χ1n) is 12.5. The van der Waals surface area contributed by atoms with Gasteiger partial charge < -0.3 is 30.4 Å². The molecule has 0 fully saturated rings. The van der Waals surface area contributed by atoms with Gasteiger partial charge in [-0.2, -0.15) is 0 Å². The third-order valence-corrected chi connectivity index (χ3v) is 7.84. The standard InChI is InChI=1S/C25H29N5O4S2.CH5N.2CH2O/c1-25(2,3)14-27-22(31)17-8-6-7-15(11-17)16-9-10-18-19(12-16)35-24(28-18)21(36(5,32)33)23-30-29-20(34-23)13-26-4;3*1-2/h6-12,21,26H,13-14H2,1-5H3,(H,27,31);2H2,1H3;2*1H2. The molecular formula is C28H38N6O6S2. The van der Waals surface area contributed by atoms with Crippen LogP contribution in [-0.4, -0.2) is 70.0 Å². The van der Waals surface area contributed by atoms with Crippen molar-refractivity contribution in [2.45, 2.75) is 32.6 Å². The lowest BCUT2D eigenvalue weighted by molar-refractivity contribution is -0.0987. The number of thiazole rings is 1. The Morgan fingerprint density at radius 3 is 2.29 bits per heavy atom. The molecule has 0 bridgehead atoms. The van der Waals surface area contributed by atoms with Crippen LogP contribution in [0.15, 0.2) is 46.9 Å². The predicted molar refractivity (Wildman–Crippen MR) is 165 cm³/mol. The predicted octanol–water partition coefficient (Wildman–Crippen LogP) is 3.18. The zero-order valence-electron chi connectivity index (χ0n) is 24.6. The van der Waals surface area contributed by atoms with Crippen LogP contribution in [-0.2, 0) is 26.0 Å². The maximum absolute atomic E-state index is 12.7. The van der Waals surface area contributed by atoms with Crippen LogP contribution in [0.2, 0.25) is 0 Å². The molecule has 0 aliphatic heterocycles. The maximum atomic E-state index is 12.7. The minimum Gasteiger partial charge on any atom is -0.422 e. The monoisotopic (exact) mass is 618 g/mol. The second-order valence-corrected chi connectivity index (χ2v) is 13.0. The fourth-order valence-corrected chi connectivity index (χ4v) is 6.12. The Labute approximate surface area is 250 Å². The highest BCUT2D eigenvalue weighted by Crippen LogP contribution is 2.36. The maximum Gasteiger partial charge on any atom is 0.251 e. The van der Waals surface area contributed by atoms with Crippen molar-refractivity contribution in [3.8, 4) is 11.1 Å². The Hall–Kier alpha value is -3.85. The molecule has 12 nitrogen and oxygen atoms in total. The van der Waals surface area contributed by atoms with Crippen LogP contribution in [0, 0.1) is 5.41 Å². The number of aromatic nitrogens is 3. The molecule has 0 aliphatic carbocycles. The molecule has 4 aromatic rings. The SMILES string of the molecule is C=O.C=O.CN.CNCc1nnc(C(c2nc3ccc(-c4cccc(C(=O)NCC(C)(C)C)c4)cc3s2)S(C)(=O)=O)o1. The molecule has 0 aliphatic rings. The number of fused-ring (bicyclic) bond motifs is 1. The summed E-state index contributed by atoms with van der Waals surface area (Å²) in [4.78, 5) is 33.2. The normalized spacial score (nSPS) is 11.6. The largest absolute Gasteiger partial charge is 0.422 e. The van der Waals surface area contributed by atoms with Crippen LogP contribution in [0.5, 0.6) is 0 Å². The summed E-state index contributed by atoms with van der Waals surface area (Å²) in [6, 6.07) is 13.1. The minimum atomic E-state index is -3.63. The number of nitrogens with one attached hydrogen (secondary N) is 2. The Morgan fingerprint density at radius 2 is 1.69 bits per heavy atom. The number of nitrogens with two attached hydrogens (primary N) is 1. The smallest absolute Gasteiger partial charge is 0.251 e. The number of hydrogen-bond acceptors (Lipinski definition) is 12. The molecule has 0 saturated heterocycles. The summed E-state index contributed by atoms with van der Waals surface area (Å²) in [5.74, 6) is 0.174. The number of carbonyl (C=O) groups is 3. The minimum absolute atomic E-state index is 0.00370. The van der Waals surface area contributed by atoms with E-state index in [0.29, 0.717) is 35.1 Å². The third kappa shape index (κ3) is 9.91. The molecule has 4 rings (SSSR count). The van der Waals surface area contributed by atoms with Gasteiger partial charge >= 0.3 is 0 Å². The van der Waals surface area contributed by atoms with Gasteiger partial charge in [0, 0.05) is 18.4 Å². The van der Waals surface area contributed by atoms with Crippen LogP contribution >= 0.6 is 11.3 Å². The fraction of sp³-hybridized carbons (Fsp3) is 0.357. The lowest BCUT2D eigenvalue weighted by Gasteiger charge is -2.18. The molecular weight excluding hydrogens is 580 g/mol. The van der Waals surface area contributed by atoms with Gasteiger partial charge in [0.05, 0.1) is 16.8 Å². The summed E-state index contributed by atoms with van der Waals surface area (Å²) in [6.45, 7) is 11.1. The van der Waals surface area contributed by atoms with E-state index in [9.17, 15) is 13.2 Å². The van der Waals surface area contributed by atoms with Crippen molar-refractivity contribution in [3.63, 3.8) is 0 Å². The quantitative estimate of drug-likeness (QED) is 0.263. The second kappa shape index (κ2) is 16.6. The zero-order chi connectivity index (χ0) is 32.1. The fourth-order valence-electron chi connectivity index (χ4n) is 3.59. The molecule has 2 aromatic heterocycles. The first kappa shape index (κ1) is 36.2. The molecule has 2 heterocycles. The van der Waals surface area contributed by atoms with Gasteiger partial charge in [0.1, 0.15) is 18.6 Å². The summed E-state index contributed by atoms with van der Waals surface area (Å²) in [6.07, 6.45) is 1.13. The first-order chi connectivity index (χ1) is 19.9. The lowest BCUT2D eigenvalue weighted by Crippen LogP contribution is -2.32. The van der Waals surface area contributed by atoms with E-state index in [1.165, 1.54) is 18.4 Å². The summed E-state index contributed by atoms with van der Waals surface area (Å²) < 4.78 is 31.7. The molecule has 0 saturated carbocycles. The van der Waals surface area contributed by atoms with E-state index in [1.54, 1.807) is 13.1 Å². The van der Waals surface area contributed by atoms with E-state index in [1.807, 2.05) is 50.0 Å². The molecule has 2 aromatic carbocycles. The van der Waals surface area contributed by atoms with E-state index in [-0.39, 0.29) is 17.2 Å². The number of hydrogen-bond donors (Lipinski definition) is 3. The van der Waals surface area contributed by atoms with Gasteiger partial charge in [0.15, 0.2) is 15.1 Å². The van der Waals surface area contributed by atoms with Crippen LogP contribution < -0.4 is 16.4 Å².